The predicted molar refractivity (Wildman–Crippen MR) is 148 cm³/mol. The van der Waals surface area contributed by atoms with Crippen LogP contribution >= 0.6 is 22.6 Å². The maximum absolute atomic E-state index is 14.7. The zero-order valence-corrected chi connectivity index (χ0v) is 23.8. The Labute approximate surface area is 228 Å². The number of rotatable bonds is 10. The minimum absolute atomic E-state index is 0.000542. The molecule has 0 heterocycles. The van der Waals surface area contributed by atoms with E-state index in [4.69, 9.17) is 4.74 Å². The zero-order valence-electron chi connectivity index (χ0n) is 20.0. The van der Waals surface area contributed by atoms with Crippen molar-refractivity contribution in [1.29, 1.82) is 0 Å². The lowest BCUT2D eigenvalue weighted by Gasteiger charge is -2.18. The van der Waals surface area contributed by atoms with Gasteiger partial charge in [0.25, 0.3) is 0 Å². The van der Waals surface area contributed by atoms with Crippen molar-refractivity contribution in [2.45, 2.75) is 43.6 Å². The largest absolute Gasteiger partial charge is 0.455 e. The summed E-state index contributed by atoms with van der Waals surface area (Å²) in [5.74, 6) is -1.19. The average molecular weight is 663 g/mol. The third-order valence-corrected chi connectivity index (χ3v) is 9.96. The third kappa shape index (κ3) is 6.90. The summed E-state index contributed by atoms with van der Waals surface area (Å²) in [6.45, 7) is 3.07. The van der Waals surface area contributed by atoms with Crippen LogP contribution < -0.4 is 14.2 Å². The molecular formula is C25H25F2IN2O5S2. The molecule has 1 aliphatic carbocycles. The monoisotopic (exact) mass is 662 g/mol. The van der Waals surface area contributed by atoms with E-state index >= 15 is 0 Å². The lowest BCUT2D eigenvalue weighted by molar-refractivity contribution is 0.478. The molecule has 0 aromatic heterocycles. The minimum Gasteiger partial charge on any atom is -0.455 e. The molecule has 0 amide bonds. The van der Waals surface area contributed by atoms with Crippen molar-refractivity contribution in [2.24, 2.45) is 0 Å². The number of halogens is 3. The minimum atomic E-state index is -3.78. The van der Waals surface area contributed by atoms with E-state index in [1.807, 2.05) is 22.6 Å². The molecule has 0 unspecified atom stereocenters. The summed E-state index contributed by atoms with van der Waals surface area (Å²) in [5.41, 5.74) is 0.674. The van der Waals surface area contributed by atoms with Crippen LogP contribution in [0.25, 0.3) is 0 Å². The maximum Gasteiger partial charge on any atom is 0.235 e. The van der Waals surface area contributed by atoms with E-state index in [1.165, 1.54) is 38.1 Å². The number of benzene rings is 3. The van der Waals surface area contributed by atoms with Gasteiger partial charge >= 0.3 is 0 Å². The summed E-state index contributed by atoms with van der Waals surface area (Å²) in [4.78, 5) is 0. The SMILES string of the molecule is CC(C)S(=O)(=O)Nc1cccc(Oc2cc(F)cc(Cc3ccc(I)cc3F)c2NS(=O)(=O)C2CC2)c1. The van der Waals surface area contributed by atoms with E-state index in [0.717, 1.165) is 12.1 Å². The fourth-order valence-corrected chi connectivity index (χ4v) is 6.06. The van der Waals surface area contributed by atoms with Gasteiger partial charge < -0.3 is 4.74 Å². The Bertz CT molecular complexity index is 1540. The average Bonchev–Trinajstić information content (AvgIpc) is 3.64. The molecule has 3 aromatic rings. The van der Waals surface area contributed by atoms with Gasteiger partial charge in [0, 0.05) is 22.1 Å². The molecular weight excluding hydrogens is 637 g/mol. The summed E-state index contributed by atoms with van der Waals surface area (Å²) >= 11 is 1.97. The highest BCUT2D eigenvalue weighted by Gasteiger charge is 2.37. The molecule has 198 valence electrons. The van der Waals surface area contributed by atoms with Crippen molar-refractivity contribution in [3.05, 3.63) is 80.9 Å². The van der Waals surface area contributed by atoms with Crippen LogP contribution in [-0.2, 0) is 26.5 Å². The summed E-state index contributed by atoms with van der Waals surface area (Å²) in [6, 6.07) is 12.8. The first-order chi connectivity index (χ1) is 17.3. The second-order valence-electron chi connectivity index (χ2n) is 9.02. The number of ether oxygens (including phenoxy) is 1. The fourth-order valence-electron chi connectivity index (χ4n) is 3.48. The molecule has 12 heteroatoms. The second-order valence-corrected chi connectivity index (χ2v) is 14.5. The van der Waals surface area contributed by atoms with E-state index < -0.39 is 42.2 Å². The van der Waals surface area contributed by atoms with Gasteiger partial charge in [-0.05, 0) is 90.7 Å². The third-order valence-electron chi connectivity index (χ3n) is 5.69. The summed E-state index contributed by atoms with van der Waals surface area (Å²) < 4.78 is 91.0. The molecule has 0 atom stereocenters. The lowest BCUT2D eigenvalue weighted by Crippen LogP contribution is -2.22. The first kappa shape index (κ1) is 27.6. The fraction of sp³-hybridized carbons (Fsp3) is 0.280. The van der Waals surface area contributed by atoms with Crippen LogP contribution in [0.15, 0.2) is 54.6 Å². The van der Waals surface area contributed by atoms with Crippen molar-refractivity contribution in [3.8, 4) is 11.5 Å². The van der Waals surface area contributed by atoms with Crippen molar-refractivity contribution in [1.82, 2.24) is 0 Å². The number of anilines is 2. The summed E-state index contributed by atoms with van der Waals surface area (Å²) in [7, 11) is -7.40. The molecule has 0 aliphatic heterocycles. The van der Waals surface area contributed by atoms with Crippen LogP contribution in [0, 0.1) is 15.2 Å². The van der Waals surface area contributed by atoms with Crippen LogP contribution in [0.3, 0.4) is 0 Å². The van der Waals surface area contributed by atoms with E-state index in [-0.39, 0.29) is 40.4 Å². The zero-order chi connectivity index (χ0) is 27.0. The van der Waals surface area contributed by atoms with Gasteiger partial charge in [-0.3, -0.25) is 9.44 Å². The highest BCUT2D eigenvalue weighted by atomic mass is 127. The first-order valence-electron chi connectivity index (χ1n) is 11.4. The Balaban J connectivity index is 1.74. The molecule has 0 bridgehead atoms. The summed E-state index contributed by atoms with van der Waals surface area (Å²) in [6.07, 6.45) is 0.922. The van der Waals surface area contributed by atoms with E-state index in [9.17, 15) is 25.6 Å². The summed E-state index contributed by atoms with van der Waals surface area (Å²) in [5, 5.41) is -1.24. The number of hydrogen-bond donors (Lipinski definition) is 2. The van der Waals surface area contributed by atoms with Crippen LogP contribution in [0.4, 0.5) is 20.2 Å². The number of hydrogen-bond acceptors (Lipinski definition) is 5. The molecule has 37 heavy (non-hydrogen) atoms. The van der Waals surface area contributed by atoms with Gasteiger partial charge in [0.15, 0.2) is 5.75 Å². The Hall–Kier alpha value is -2.45. The van der Waals surface area contributed by atoms with Crippen LogP contribution in [0.2, 0.25) is 0 Å². The molecule has 4 rings (SSSR count). The normalized spacial score (nSPS) is 14.0. The number of nitrogens with one attached hydrogen (secondary N) is 2. The Morgan fingerprint density at radius 2 is 1.70 bits per heavy atom. The van der Waals surface area contributed by atoms with Gasteiger partial charge in [-0.1, -0.05) is 12.1 Å². The first-order valence-corrected chi connectivity index (χ1v) is 15.6. The Morgan fingerprint density at radius 3 is 2.35 bits per heavy atom. The Morgan fingerprint density at radius 1 is 0.973 bits per heavy atom. The standard InChI is InChI=1S/C25H25F2IN2O5S2/c1-15(2)36(31,32)29-20-4-3-5-21(14-20)35-24-12-18(26)11-17(10-16-6-7-19(28)13-23(16)27)25(24)30-37(33,34)22-8-9-22/h3-7,11-15,22,29-30H,8-10H2,1-2H3. The van der Waals surface area contributed by atoms with Gasteiger partial charge in [-0.25, -0.2) is 25.6 Å². The number of sulfonamides is 2. The molecule has 2 N–H and O–H groups in total. The lowest BCUT2D eigenvalue weighted by atomic mass is 10.0. The van der Waals surface area contributed by atoms with Crippen molar-refractivity contribution < 1.29 is 30.4 Å². The van der Waals surface area contributed by atoms with Crippen molar-refractivity contribution in [3.63, 3.8) is 0 Å². The van der Waals surface area contributed by atoms with E-state index in [2.05, 4.69) is 9.44 Å². The van der Waals surface area contributed by atoms with Crippen LogP contribution in [0.1, 0.15) is 37.8 Å². The van der Waals surface area contributed by atoms with Gasteiger partial charge in [-0.15, -0.1) is 0 Å². The molecule has 1 fully saturated rings. The van der Waals surface area contributed by atoms with Crippen LogP contribution in [-0.4, -0.2) is 27.3 Å². The van der Waals surface area contributed by atoms with Crippen molar-refractivity contribution >= 4 is 54.0 Å². The van der Waals surface area contributed by atoms with Crippen LogP contribution in [0.5, 0.6) is 11.5 Å². The molecule has 0 spiro atoms. The van der Waals surface area contributed by atoms with Gasteiger partial charge in [0.2, 0.25) is 20.0 Å². The molecule has 0 radical (unpaired) electrons. The van der Waals surface area contributed by atoms with Gasteiger partial charge in [0.05, 0.1) is 21.9 Å². The second kappa shape index (κ2) is 10.7. The molecule has 7 nitrogen and oxygen atoms in total. The highest BCUT2D eigenvalue weighted by Crippen LogP contribution is 2.39. The maximum atomic E-state index is 14.7. The molecule has 1 saturated carbocycles. The molecule has 0 saturated heterocycles. The van der Waals surface area contributed by atoms with E-state index in [1.54, 1.807) is 18.2 Å². The topological polar surface area (TPSA) is 102 Å². The predicted octanol–water partition coefficient (Wildman–Crippen LogP) is 6.01. The van der Waals surface area contributed by atoms with E-state index in [0.29, 0.717) is 16.4 Å². The molecule has 3 aromatic carbocycles. The molecule has 1 aliphatic rings. The van der Waals surface area contributed by atoms with Gasteiger partial charge in [-0.2, -0.15) is 0 Å². The smallest absolute Gasteiger partial charge is 0.235 e. The quantitative estimate of drug-likeness (QED) is 0.259. The van der Waals surface area contributed by atoms with Crippen molar-refractivity contribution in [2.75, 3.05) is 9.44 Å². The van der Waals surface area contributed by atoms with Gasteiger partial charge in [0.1, 0.15) is 17.4 Å². The highest BCUT2D eigenvalue weighted by molar-refractivity contribution is 14.1. The Kier molecular flexibility index (Phi) is 8.00.